The molecule has 1 aliphatic rings. The molecule has 1 amide bonds. The first-order valence-corrected chi connectivity index (χ1v) is 14.9. The highest BCUT2D eigenvalue weighted by molar-refractivity contribution is 7.91. The van der Waals surface area contributed by atoms with Crippen molar-refractivity contribution < 1.29 is 39.9 Å². The predicted octanol–water partition coefficient (Wildman–Crippen LogP) is 5.34. The lowest BCUT2D eigenvalue weighted by molar-refractivity contribution is -0.211. The Morgan fingerprint density at radius 3 is 2.35 bits per heavy atom. The molecule has 0 spiro atoms. The van der Waals surface area contributed by atoms with Crippen LogP contribution in [0.1, 0.15) is 68.2 Å². The van der Waals surface area contributed by atoms with Crippen LogP contribution in [-0.4, -0.2) is 59.9 Å². The molecule has 8 nitrogen and oxygen atoms in total. The van der Waals surface area contributed by atoms with E-state index in [-0.39, 0.29) is 46.1 Å². The first kappa shape index (κ1) is 31.8. The van der Waals surface area contributed by atoms with Crippen LogP contribution in [-0.2, 0) is 22.8 Å². The number of aromatic nitrogens is 3. The summed E-state index contributed by atoms with van der Waals surface area (Å²) < 4.78 is 96.5. The Balaban J connectivity index is 1.86. The number of halogens is 5. The van der Waals surface area contributed by atoms with E-state index in [2.05, 4.69) is 20.1 Å². The van der Waals surface area contributed by atoms with Crippen LogP contribution in [0.15, 0.2) is 12.3 Å². The molecule has 1 saturated carbocycles. The number of nitrogens with one attached hydrogen (secondary N) is 1. The number of aryl methyl sites for hydroxylation is 1. The van der Waals surface area contributed by atoms with E-state index in [1.165, 1.54) is 10.9 Å². The minimum Gasteiger partial charge on any atom is -0.434 e. The maximum atomic E-state index is 13.4. The van der Waals surface area contributed by atoms with Gasteiger partial charge < -0.3 is 10.1 Å². The highest BCUT2D eigenvalue weighted by atomic mass is 32.2. The van der Waals surface area contributed by atoms with E-state index in [4.69, 9.17) is 0 Å². The van der Waals surface area contributed by atoms with Gasteiger partial charge in [0.05, 0.1) is 21.9 Å². The van der Waals surface area contributed by atoms with Gasteiger partial charge in [-0.2, -0.15) is 27.1 Å². The van der Waals surface area contributed by atoms with E-state index < -0.39 is 40.4 Å². The van der Waals surface area contributed by atoms with Crippen molar-refractivity contribution in [2.45, 2.75) is 84.4 Å². The van der Waals surface area contributed by atoms with Crippen LogP contribution in [0.4, 0.5) is 22.0 Å². The Hall–Kier alpha value is -2.77. The van der Waals surface area contributed by atoms with Crippen molar-refractivity contribution in [2.24, 2.45) is 11.3 Å². The number of sulfone groups is 1. The minimum atomic E-state index is -4.54. The Labute approximate surface area is 230 Å². The molecule has 2 aromatic heterocycles. The fourth-order valence-corrected chi connectivity index (χ4v) is 6.05. The Kier molecular flexibility index (Phi) is 9.52. The van der Waals surface area contributed by atoms with Gasteiger partial charge in [0.25, 0.3) is 5.91 Å². The third-order valence-corrected chi connectivity index (χ3v) is 9.12. The van der Waals surface area contributed by atoms with Crippen LogP contribution in [0, 0.1) is 18.3 Å². The van der Waals surface area contributed by atoms with Crippen molar-refractivity contribution in [3.63, 3.8) is 0 Å². The molecule has 2 heterocycles. The van der Waals surface area contributed by atoms with Crippen LogP contribution >= 0.6 is 0 Å². The maximum Gasteiger partial charge on any atom is 0.394 e. The Morgan fingerprint density at radius 2 is 1.82 bits per heavy atom. The lowest BCUT2D eigenvalue weighted by Gasteiger charge is -2.27. The van der Waals surface area contributed by atoms with Crippen molar-refractivity contribution in [3.05, 3.63) is 29.2 Å². The number of ether oxygens (including phenoxy) is 1. The predicted molar refractivity (Wildman–Crippen MR) is 139 cm³/mol. The molecule has 40 heavy (non-hydrogen) atoms. The van der Waals surface area contributed by atoms with Gasteiger partial charge in [0.2, 0.25) is 0 Å². The summed E-state index contributed by atoms with van der Waals surface area (Å²) in [4.78, 5) is 17.2. The van der Waals surface area contributed by atoms with Crippen molar-refractivity contribution in [2.75, 3.05) is 12.8 Å². The second-order valence-corrected chi connectivity index (χ2v) is 13.3. The molecule has 1 N–H and O–H groups in total. The highest BCUT2D eigenvalue weighted by Crippen LogP contribution is 2.41. The van der Waals surface area contributed by atoms with Crippen LogP contribution in [0.3, 0.4) is 0 Å². The zero-order chi connectivity index (χ0) is 30.0. The number of pyridine rings is 1. The van der Waals surface area contributed by atoms with E-state index in [9.17, 15) is 35.2 Å². The van der Waals surface area contributed by atoms with Gasteiger partial charge in [-0.3, -0.25) is 14.5 Å². The molecule has 3 rings (SSSR count). The fourth-order valence-electron chi connectivity index (χ4n) is 4.92. The van der Waals surface area contributed by atoms with Crippen molar-refractivity contribution in [1.29, 1.82) is 0 Å². The van der Waals surface area contributed by atoms with Crippen molar-refractivity contribution >= 4 is 15.7 Å². The standard InChI is InChI=1S/C26H35F5N4O4S/c1-6-35-22(19-14-32-17(11-20(19)39-24(27)28)12-25(3,4)26(29,30)31)15(2)21(34-35)23(36)33-13-16-7-9-18(10-8-16)40(5,37)38/h11,14,16,18,24H,6-10,12-13H2,1-5H3,(H,33,36)/t16-,18-. The Morgan fingerprint density at radius 1 is 1.20 bits per heavy atom. The van der Waals surface area contributed by atoms with E-state index in [0.29, 0.717) is 37.8 Å². The summed E-state index contributed by atoms with van der Waals surface area (Å²) in [7, 11) is -3.10. The average Bonchev–Trinajstić information content (AvgIpc) is 3.17. The number of rotatable bonds is 10. The molecule has 1 aliphatic carbocycles. The first-order valence-electron chi connectivity index (χ1n) is 13.0. The zero-order valence-corrected chi connectivity index (χ0v) is 23.9. The van der Waals surface area contributed by atoms with E-state index in [1.807, 2.05) is 0 Å². The van der Waals surface area contributed by atoms with E-state index in [1.54, 1.807) is 13.8 Å². The highest BCUT2D eigenvalue weighted by Gasteiger charge is 2.47. The molecule has 14 heteroatoms. The molecule has 0 aromatic carbocycles. The van der Waals surface area contributed by atoms with Crippen LogP contribution in [0.25, 0.3) is 11.3 Å². The maximum absolute atomic E-state index is 13.4. The van der Waals surface area contributed by atoms with Gasteiger partial charge in [-0.15, -0.1) is 0 Å². The summed E-state index contributed by atoms with van der Waals surface area (Å²) in [6.45, 7) is 2.66. The normalized spacial score (nSPS) is 18.7. The number of carbonyl (C=O) groups is 1. The quantitative estimate of drug-likeness (QED) is 0.373. The molecule has 1 fully saturated rings. The lowest BCUT2D eigenvalue weighted by Crippen LogP contribution is -2.34. The number of hydrogen-bond acceptors (Lipinski definition) is 6. The molecule has 0 saturated heterocycles. The second kappa shape index (κ2) is 12.0. The molecular weight excluding hydrogens is 559 g/mol. The van der Waals surface area contributed by atoms with Gasteiger partial charge in [0.1, 0.15) is 15.6 Å². The summed E-state index contributed by atoms with van der Waals surface area (Å²) in [6.07, 6.45) is -0.323. The smallest absolute Gasteiger partial charge is 0.394 e. The molecule has 0 aliphatic heterocycles. The van der Waals surface area contributed by atoms with Gasteiger partial charge in [0.15, 0.2) is 5.69 Å². The molecule has 2 aromatic rings. The third-order valence-electron chi connectivity index (χ3n) is 7.44. The van der Waals surface area contributed by atoms with E-state index in [0.717, 1.165) is 26.1 Å². The van der Waals surface area contributed by atoms with Crippen molar-refractivity contribution in [1.82, 2.24) is 20.1 Å². The zero-order valence-electron chi connectivity index (χ0n) is 23.1. The van der Waals surface area contributed by atoms with E-state index >= 15 is 0 Å². The van der Waals surface area contributed by atoms with Crippen LogP contribution in [0.2, 0.25) is 0 Å². The summed E-state index contributed by atoms with van der Waals surface area (Å²) in [5.74, 6) is -0.743. The van der Waals surface area contributed by atoms with Gasteiger partial charge in [0, 0.05) is 49.3 Å². The van der Waals surface area contributed by atoms with Crippen LogP contribution < -0.4 is 10.1 Å². The van der Waals surface area contributed by atoms with Gasteiger partial charge >= 0.3 is 12.8 Å². The number of nitrogens with zero attached hydrogens (tertiary/aromatic N) is 3. The molecule has 0 atom stereocenters. The largest absolute Gasteiger partial charge is 0.434 e. The fraction of sp³-hybridized carbons (Fsp3) is 0.654. The summed E-state index contributed by atoms with van der Waals surface area (Å²) in [6, 6.07) is 1.06. The Bertz CT molecular complexity index is 1320. The van der Waals surface area contributed by atoms with Gasteiger partial charge in [-0.05, 0) is 45.4 Å². The summed E-state index contributed by atoms with van der Waals surface area (Å²) in [5.41, 5.74) is -1.45. The lowest BCUT2D eigenvalue weighted by atomic mass is 9.86. The third kappa shape index (κ3) is 7.29. The minimum absolute atomic E-state index is 0.0620. The number of hydrogen-bond donors (Lipinski definition) is 1. The average molecular weight is 595 g/mol. The molecule has 0 bridgehead atoms. The molecule has 0 unspecified atom stereocenters. The summed E-state index contributed by atoms with van der Waals surface area (Å²) in [5, 5.41) is 6.82. The van der Waals surface area contributed by atoms with Crippen molar-refractivity contribution in [3.8, 4) is 17.0 Å². The molecule has 0 radical (unpaired) electrons. The second-order valence-electron chi connectivity index (χ2n) is 10.9. The SMILES string of the molecule is CCn1nc(C(=O)NC[C@H]2CC[C@H](S(C)(=O)=O)CC2)c(C)c1-c1cnc(CC(C)(C)C(F)(F)F)cc1OC(F)F. The topological polar surface area (TPSA) is 103 Å². The monoisotopic (exact) mass is 594 g/mol. The number of amides is 1. The number of alkyl halides is 5. The van der Waals surface area contributed by atoms with Gasteiger partial charge in [-0.1, -0.05) is 13.8 Å². The summed E-state index contributed by atoms with van der Waals surface area (Å²) >= 11 is 0. The van der Waals surface area contributed by atoms with Gasteiger partial charge in [-0.25, -0.2) is 8.42 Å². The molecule has 224 valence electrons. The van der Waals surface area contributed by atoms with Crippen LogP contribution in [0.5, 0.6) is 5.75 Å². The molecular formula is C26H35F5N4O4S. The number of carbonyl (C=O) groups excluding carboxylic acids is 1. The first-order chi connectivity index (χ1) is 18.4.